The van der Waals surface area contributed by atoms with Gasteiger partial charge in [-0.25, -0.2) is 8.42 Å². The molecule has 1 atom stereocenters. The molecule has 1 aromatic rings. The van der Waals surface area contributed by atoms with Gasteiger partial charge in [0, 0.05) is 12.6 Å². The molecule has 1 unspecified atom stereocenters. The molecule has 1 aliphatic heterocycles. The minimum atomic E-state index is -3.45. The van der Waals surface area contributed by atoms with Crippen molar-refractivity contribution in [2.24, 2.45) is 0 Å². The number of hydrogen-bond donors (Lipinski definition) is 0. The second-order valence-corrected chi connectivity index (χ2v) is 6.35. The summed E-state index contributed by atoms with van der Waals surface area (Å²) in [5, 5.41) is 8.83. The van der Waals surface area contributed by atoms with Crippen molar-refractivity contribution in [2.75, 3.05) is 6.54 Å². The van der Waals surface area contributed by atoms with Crippen molar-refractivity contribution in [1.29, 1.82) is 5.26 Å². The molecular weight excluding hydrogens is 248 g/mol. The quantitative estimate of drug-likeness (QED) is 0.840. The highest BCUT2D eigenvalue weighted by Gasteiger charge is 2.34. The Morgan fingerprint density at radius 3 is 2.94 bits per heavy atom. The summed E-state index contributed by atoms with van der Waals surface area (Å²) < 4.78 is 26.5. The average Bonchev–Trinajstić information content (AvgIpc) is 2.88. The van der Waals surface area contributed by atoms with E-state index in [1.54, 1.807) is 22.5 Å². The van der Waals surface area contributed by atoms with Crippen molar-refractivity contribution in [3.8, 4) is 6.07 Å². The van der Waals surface area contributed by atoms with Crippen molar-refractivity contribution in [3.63, 3.8) is 0 Å². The van der Waals surface area contributed by atoms with E-state index >= 15 is 0 Å². The van der Waals surface area contributed by atoms with Gasteiger partial charge in [-0.05, 0) is 37.5 Å². The van der Waals surface area contributed by atoms with E-state index in [2.05, 4.69) is 0 Å². The number of benzene rings is 1. The third kappa shape index (κ3) is 2.26. The molecule has 18 heavy (non-hydrogen) atoms. The van der Waals surface area contributed by atoms with Gasteiger partial charge in [0.25, 0.3) is 0 Å². The number of hydrogen-bond acceptors (Lipinski definition) is 3. The third-order valence-corrected chi connectivity index (χ3v) is 5.31. The predicted octanol–water partition coefficient (Wildman–Crippen LogP) is 2.12. The van der Waals surface area contributed by atoms with Crippen molar-refractivity contribution < 1.29 is 8.42 Å². The number of sulfonamides is 1. The lowest BCUT2D eigenvalue weighted by Gasteiger charge is -2.23. The molecule has 0 bridgehead atoms. The van der Waals surface area contributed by atoms with Crippen LogP contribution in [0.1, 0.15) is 31.7 Å². The summed E-state index contributed by atoms with van der Waals surface area (Å²) >= 11 is 0. The first-order valence-corrected chi connectivity index (χ1v) is 7.55. The molecule has 1 aliphatic rings. The van der Waals surface area contributed by atoms with Gasteiger partial charge in [-0.3, -0.25) is 0 Å². The van der Waals surface area contributed by atoms with Crippen LogP contribution in [0.3, 0.4) is 0 Å². The molecule has 1 aromatic carbocycles. The topological polar surface area (TPSA) is 61.2 Å². The Bertz CT molecular complexity index is 575. The van der Waals surface area contributed by atoms with Gasteiger partial charge < -0.3 is 0 Å². The van der Waals surface area contributed by atoms with Gasteiger partial charge in [0.15, 0.2) is 0 Å². The van der Waals surface area contributed by atoms with E-state index in [0.717, 1.165) is 19.3 Å². The van der Waals surface area contributed by atoms with Crippen LogP contribution in [-0.4, -0.2) is 25.3 Å². The predicted molar refractivity (Wildman–Crippen MR) is 68.4 cm³/mol. The van der Waals surface area contributed by atoms with Crippen molar-refractivity contribution >= 4 is 10.0 Å². The molecule has 4 nitrogen and oxygen atoms in total. The maximum absolute atomic E-state index is 12.5. The zero-order chi connectivity index (χ0) is 13.2. The van der Waals surface area contributed by atoms with Crippen molar-refractivity contribution in [3.05, 3.63) is 29.8 Å². The summed E-state index contributed by atoms with van der Waals surface area (Å²) in [6.45, 7) is 2.59. The molecule has 1 heterocycles. The van der Waals surface area contributed by atoms with Gasteiger partial charge in [-0.1, -0.05) is 13.0 Å². The van der Waals surface area contributed by atoms with Crippen LogP contribution >= 0.6 is 0 Å². The van der Waals surface area contributed by atoms with E-state index in [0.29, 0.717) is 12.1 Å². The Hall–Kier alpha value is -1.38. The lowest BCUT2D eigenvalue weighted by molar-refractivity contribution is 0.379. The summed E-state index contributed by atoms with van der Waals surface area (Å²) in [5.74, 6) is 0. The molecule has 5 heteroatoms. The minimum Gasteiger partial charge on any atom is -0.207 e. The Morgan fingerprint density at radius 2 is 2.28 bits per heavy atom. The summed E-state index contributed by atoms with van der Waals surface area (Å²) in [6, 6.07) is 8.30. The highest BCUT2D eigenvalue weighted by Crippen LogP contribution is 2.27. The Balaban J connectivity index is 2.39. The molecule has 0 aromatic heterocycles. The minimum absolute atomic E-state index is 0.0979. The average molecular weight is 264 g/mol. The Kier molecular flexibility index (Phi) is 3.69. The zero-order valence-electron chi connectivity index (χ0n) is 10.3. The standard InChI is InChI=1S/C13H16N2O2S/c1-2-12-6-4-8-15(12)18(16,17)13-7-3-5-11(9-13)10-14/h3,5,7,9,12H,2,4,6,8H2,1H3. The van der Waals surface area contributed by atoms with Crippen LogP contribution in [0.15, 0.2) is 29.2 Å². The molecule has 0 N–H and O–H groups in total. The zero-order valence-corrected chi connectivity index (χ0v) is 11.2. The van der Waals surface area contributed by atoms with Crippen LogP contribution in [-0.2, 0) is 10.0 Å². The number of nitrogens with zero attached hydrogens (tertiary/aromatic N) is 2. The second-order valence-electron chi connectivity index (χ2n) is 4.46. The van der Waals surface area contributed by atoms with E-state index in [4.69, 9.17) is 5.26 Å². The largest absolute Gasteiger partial charge is 0.243 e. The molecule has 0 aliphatic carbocycles. The molecule has 0 amide bonds. The highest BCUT2D eigenvalue weighted by molar-refractivity contribution is 7.89. The summed E-state index contributed by atoms with van der Waals surface area (Å²) in [7, 11) is -3.45. The van der Waals surface area contributed by atoms with Gasteiger partial charge in [0.2, 0.25) is 10.0 Å². The lowest BCUT2D eigenvalue weighted by atomic mass is 10.2. The van der Waals surface area contributed by atoms with E-state index in [1.165, 1.54) is 6.07 Å². The van der Waals surface area contributed by atoms with Crippen LogP contribution < -0.4 is 0 Å². The fourth-order valence-electron chi connectivity index (χ4n) is 2.39. The van der Waals surface area contributed by atoms with Crippen LogP contribution in [0.4, 0.5) is 0 Å². The van der Waals surface area contributed by atoms with Crippen LogP contribution in [0.2, 0.25) is 0 Å². The van der Waals surface area contributed by atoms with Gasteiger partial charge in [-0.15, -0.1) is 0 Å². The maximum Gasteiger partial charge on any atom is 0.243 e. The summed E-state index contributed by atoms with van der Waals surface area (Å²) in [5.41, 5.74) is 0.378. The molecule has 0 radical (unpaired) electrons. The van der Waals surface area contributed by atoms with Gasteiger partial charge in [-0.2, -0.15) is 9.57 Å². The number of nitriles is 1. The smallest absolute Gasteiger partial charge is 0.207 e. The van der Waals surface area contributed by atoms with E-state index in [9.17, 15) is 8.42 Å². The highest BCUT2D eigenvalue weighted by atomic mass is 32.2. The molecular formula is C13H16N2O2S. The fourth-order valence-corrected chi connectivity index (χ4v) is 4.21. The fraction of sp³-hybridized carbons (Fsp3) is 0.462. The van der Waals surface area contributed by atoms with Crippen LogP contribution in [0.5, 0.6) is 0 Å². The third-order valence-electron chi connectivity index (χ3n) is 3.36. The molecule has 1 fully saturated rings. The van der Waals surface area contributed by atoms with E-state index < -0.39 is 10.0 Å². The lowest BCUT2D eigenvalue weighted by Crippen LogP contribution is -2.35. The summed E-state index contributed by atoms with van der Waals surface area (Å²) in [4.78, 5) is 0.224. The van der Waals surface area contributed by atoms with Gasteiger partial charge >= 0.3 is 0 Å². The van der Waals surface area contributed by atoms with Crippen LogP contribution in [0, 0.1) is 11.3 Å². The second kappa shape index (κ2) is 5.09. The SMILES string of the molecule is CCC1CCCN1S(=O)(=O)c1cccc(C#N)c1. The monoisotopic (exact) mass is 264 g/mol. The van der Waals surface area contributed by atoms with Gasteiger partial charge in [0.05, 0.1) is 16.5 Å². The first kappa shape index (κ1) is 13.1. The van der Waals surface area contributed by atoms with E-state index in [-0.39, 0.29) is 10.9 Å². The Morgan fingerprint density at radius 1 is 1.50 bits per heavy atom. The van der Waals surface area contributed by atoms with Crippen LogP contribution in [0.25, 0.3) is 0 Å². The normalized spacial score (nSPS) is 20.8. The Labute approximate surface area is 108 Å². The first-order valence-electron chi connectivity index (χ1n) is 6.11. The molecule has 0 saturated carbocycles. The van der Waals surface area contributed by atoms with E-state index in [1.807, 2.05) is 13.0 Å². The molecule has 1 saturated heterocycles. The molecule has 0 spiro atoms. The van der Waals surface area contributed by atoms with Crippen molar-refractivity contribution in [2.45, 2.75) is 37.1 Å². The first-order chi connectivity index (χ1) is 8.59. The maximum atomic E-state index is 12.5. The number of rotatable bonds is 3. The van der Waals surface area contributed by atoms with Gasteiger partial charge in [0.1, 0.15) is 0 Å². The molecule has 96 valence electrons. The molecule has 2 rings (SSSR count). The summed E-state index contributed by atoms with van der Waals surface area (Å²) in [6.07, 6.45) is 2.67. The van der Waals surface area contributed by atoms with Crippen molar-refractivity contribution in [1.82, 2.24) is 4.31 Å².